The van der Waals surface area contributed by atoms with Crippen LogP contribution in [0.2, 0.25) is 0 Å². The Balaban J connectivity index is 1.22. The molecule has 2 aromatic carbocycles. The second-order valence-electron chi connectivity index (χ2n) is 9.83. The highest BCUT2D eigenvalue weighted by atomic mass is 19.4. The highest BCUT2D eigenvalue weighted by molar-refractivity contribution is 5.76. The summed E-state index contributed by atoms with van der Waals surface area (Å²) in [7, 11) is 0. The minimum atomic E-state index is -4.58. The van der Waals surface area contributed by atoms with Crippen molar-refractivity contribution < 1.29 is 18.0 Å². The molecule has 0 radical (unpaired) electrons. The molecule has 0 spiro atoms. The summed E-state index contributed by atoms with van der Waals surface area (Å²) in [6.45, 7) is 9.01. The topological polar surface area (TPSA) is 53.8 Å². The molecule has 2 aromatic rings. The quantitative estimate of drug-likeness (QED) is 0.568. The summed E-state index contributed by atoms with van der Waals surface area (Å²) >= 11 is 0. The maximum Gasteiger partial charge on any atom is 0.417 e. The standard InChI is InChI=1S/C28H34F3N5O/c1-22-5-8-24(9-6-22)35-16-14-33(15-17-35)11-2-4-27(37)36-13-3-12-34(18-19-36)25-10-7-23(21-32)26(20-25)28(29,30)31/h5-10,20H,2-4,11-19H2,1H3. The van der Waals surface area contributed by atoms with E-state index in [2.05, 4.69) is 41.0 Å². The largest absolute Gasteiger partial charge is 0.417 e. The predicted molar refractivity (Wildman–Crippen MR) is 139 cm³/mol. The van der Waals surface area contributed by atoms with Crippen molar-refractivity contribution in [2.45, 2.75) is 32.4 Å². The summed E-state index contributed by atoms with van der Waals surface area (Å²) in [5, 5.41) is 9.03. The number of carbonyl (C=O) groups is 1. The fraction of sp³-hybridized carbons (Fsp3) is 0.500. The Morgan fingerprint density at radius 1 is 0.892 bits per heavy atom. The van der Waals surface area contributed by atoms with E-state index < -0.39 is 11.7 Å². The lowest BCUT2D eigenvalue weighted by Crippen LogP contribution is -2.46. The van der Waals surface area contributed by atoms with E-state index in [-0.39, 0.29) is 11.5 Å². The fourth-order valence-corrected chi connectivity index (χ4v) is 5.08. The molecule has 198 valence electrons. The van der Waals surface area contributed by atoms with E-state index in [1.807, 2.05) is 9.80 Å². The molecular weight excluding hydrogens is 479 g/mol. The van der Waals surface area contributed by atoms with Gasteiger partial charge in [-0.3, -0.25) is 9.69 Å². The van der Waals surface area contributed by atoms with Gasteiger partial charge in [0.05, 0.1) is 17.2 Å². The van der Waals surface area contributed by atoms with E-state index in [9.17, 15) is 18.0 Å². The van der Waals surface area contributed by atoms with Crippen molar-refractivity contribution >= 4 is 17.3 Å². The fourth-order valence-electron chi connectivity index (χ4n) is 5.08. The van der Waals surface area contributed by atoms with Crippen molar-refractivity contribution in [1.29, 1.82) is 5.26 Å². The Labute approximate surface area is 216 Å². The molecule has 4 rings (SSSR count). The average molecular weight is 514 g/mol. The zero-order valence-corrected chi connectivity index (χ0v) is 21.3. The summed E-state index contributed by atoms with van der Waals surface area (Å²) in [5.74, 6) is 0.107. The molecule has 6 nitrogen and oxygen atoms in total. The smallest absolute Gasteiger partial charge is 0.370 e. The number of anilines is 2. The Bertz CT molecular complexity index is 1100. The van der Waals surface area contributed by atoms with E-state index >= 15 is 0 Å². The second kappa shape index (κ2) is 11.9. The SMILES string of the molecule is Cc1ccc(N2CCN(CCCC(=O)N3CCCN(c4ccc(C#N)c(C(F)(F)F)c4)CC3)CC2)cc1. The van der Waals surface area contributed by atoms with Gasteiger partial charge >= 0.3 is 6.18 Å². The van der Waals surface area contributed by atoms with Gasteiger partial charge in [-0.25, -0.2) is 0 Å². The highest BCUT2D eigenvalue weighted by Gasteiger charge is 2.34. The van der Waals surface area contributed by atoms with Crippen molar-refractivity contribution in [3.05, 3.63) is 59.2 Å². The van der Waals surface area contributed by atoms with Crippen LogP contribution in [-0.2, 0) is 11.0 Å². The molecule has 2 aliphatic heterocycles. The van der Waals surface area contributed by atoms with Gasteiger partial charge < -0.3 is 14.7 Å². The Hall–Kier alpha value is -3.25. The first-order valence-corrected chi connectivity index (χ1v) is 12.9. The molecular formula is C28H34F3N5O. The van der Waals surface area contributed by atoms with Crippen LogP contribution in [-0.4, -0.2) is 74.6 Å². The van der Waals surface area contributed by atoms with Crippen LogP contribution in [0.25, 0.3) is 0 Å². The molecule has 2 saturated heterocycles. The molecule has 0 aliphatic carbocycles. The number of alkyl halides is 3. The van der Waals surface area contributed by atoms with Gasteiger partial charge in [0.25, 0.3) is 0 Å². The van der Waals surface area contributed by atoms with Gasteiger partial charge in [-0.2, -0.15) is 18.4 Å². The van der Waals surface area contributed by atoms with Crippen molar-refractivity contribution in [3.63, 3.8) is 0 Å². The Morgan fingerprint density at radius 3 is 2.22 bits per heavy atom. The molecule has 2 aliphatic rings. The maximum atomic E-state index is 13.4. The van der Waals surface area contributed by atoms with Crippen molar-refractivity contribution in [3.8, 4) is 6.07 Å². The number of hydrogen-bond donors (Lipinski definition) is 0. The van der Waals surface area contributed by atoms with Gasteiger partial charge in [0.2, 0.25) is 5.91 Å². The van der Waals surface area contributed by atoms with Crippen LogP contribution < -0.4 is 9.80 Å². The van der Waals surface area contributed by atoms with Crippen molar-refractivity contribution in [1.82, 2.24) is 9.80 Å². The average Bonchev–Trinajstić information content (AvgIpc) is 3.15. The summed E-state index contributed by atoms with van der Waals surface area (Å²) in [5.41, 5.74) is 1.66. The Morgan fingerprint density at radius 2 is 1.54 bits per heavy atom. The number of piperazine rings is 1. The van der Waals surface area contributed by atoms with Crippen molar-refractivity contribution in [2.24, 2.45) is 0 Å². The molecule has 0 bridgehead atoms. The third kappa shape index (κ3) is 6.95. The van der Waals surface area contributed by atoms with E-state index in [1.54, 1.807) is 12.1 Å². The van der Waals surface area contributed by atoms with Gasteiger partial charge in [-0.1, -0.05) is 17.7 Å². The summed E-state index contributed by atoms with van der Waals surface area (Å²) in [4.78, 5) is 21.4. The number of benzene rings is 2. The Kier molecular flexibility index (Phi) is 8.59. The lowest BCUT2D eigenvalue weighted by atomic mass is 10.1. The number of amides is 1. The van der Waals surface area contributed by atoms with E-state index in [0.717, 1.165) is 45.2 Å². The third-order valence-electron chi connectivity index (χ3n) is 7.28. The van der Waals surface area contributed by atoms with Crippen LogP contribution in [0.15, 0.2) is 42.5 Å². The van der Waals surface area contributed by atoms with Crippen LogP contribution in [0, 0.1) is 18.3 Å². The summed E-state index contributed by atoms with van der Waals surface area (Å²) in [6, 6.07) is 14.1. The minimum Gasteiger partial charge on any atom is -0.370 e. The highest BCUT2D eigenvalue weighted by Crippen LogP contribution is 2.34. The van der Waals surface area contributed by atoms with Gasteiger partial charge in [0, 0.05) is 70.2 Å². The first-order valence-electron chi connectivity index (χ1n) is 12.9. The molecule has 1 amide bonds. The van der Waals surface area contributed by atoms with Gasteiger partial charge in [0.1, 0.15) is 0 Å². The lowest BCUT2D eigenvalue weighted by molar-refractivity contribution is -0.137. The molecule has 0 aromatic heterocycles. The van der Waals surface area contributed by atoms with Gasteiger partial charge in [-0.05, 0) is 56.6 Å². The predicted octanol–water partition coefficient (Wildman–Crippen LogP) is 4.53. The molecule has 0 atom stereocenters. The molecule has 0 saturated carbocycles. The minimum absolute atomic E-state index is 0.107. The zero-order valence-electron chi connectivity index (χ0n) is 21.3. The number of halogens is 3. The number of aryl methyl sites for hydroxylation is 1. The van der Waals surface area contributed by atoms with E-state index in [1.165, 1.54) is 17.3 Å². The molecule has 37 heavy (non-hydrogen) atoms. The second-order valence-corrected chi connectivity index (χ2v) is 9.83. The van der Waals surface area contributed by atoms with Crippen LogP contribution in [0.1, 0.15) is 36.0 Å². The van der Waals surface area contributed by atoms with Crippen molar-refractivity contribution in [2.75, 3.05) is 68.7 Å². The number of nitriles is 1. The number of hydrogen-bond acceptors (Lipinski definition) is 5. The van der Waals surface area contributed by atoms with Crippen LogP contribution in [0.5, 0.6) is 0 Å². The maximum absolute atomic E-state index is 13.4. The molecule has 2 fully saturated rings. The number of carbonyl (C=O) groups excluding carboxylic acids is 1. The van der Waals surface area contributed by atoms with Crippen LogP contribution >= 0.6 is 0 Å². The monoisotopic (exact) mass is 513 g/mol. The van der Waals surface area contributed by atoms with Crippen LogP contribution in [0.3, 0.4) is 0 Å². The molecule has 9 heteroatoms. The first-order chi connectivity index (χ1) is 17.7. The van der Waals surface area contributed by atoms with Gasteiger partial charge in [0.15, 0.2) is 0 Å². The summed E-state index contributed by atoms with van der Waals surface area (Å²) < 4.78 is 40.1. The lowest BCUT2D eigenvalue weighted by Gasteiger charge is -2.36. The molecule has 2 heterocycles. The number of rotatable bonds is 6. The van der Waals surface area contributed by atoms with E-state index in [0.29, 0.717) is 44.7 Å². The molecule has 0 unspecified atom stereocenters. The van der Waals surface area contributed by atoms with E-state index in [4.69, 9.17) is 5.26 Å². The zero-order chi connectivity index (χ0) is 26.4. The van der Waals surface area contributed by atoms with Crippen LogP contribution in [0.4, 0.5) is 24.5 Å². The number of nitrogens with zero attached hydrogens (tertiary/aromatic N) is 5. The van der Waals surface area contributed by atoms with Gasteiger partial charge in [-0.15, -0.1) is 0 Å². The summed E-state index contributed by atoms with van der Waals surface area (Å²) in [6.07, 6.45) is -2.61. The normalized spacial score (nSPS) is 17.4. The first kappa shape index (κ1) is 26.8. The molecule has 0 N–H and O–H groups in total. The third-order valence-corrected chi connectivity index (χ3v) is 7.28.